The van der Waals surface area contributed by atoms with E-state index in [0.29, 0.717) is 17.9 Å². The monoisotopic (exact) mass is 375 g/mol. The number of hydrogen-bond donors (Lipinski definition) is 1. The molecule has 1 aromatic carbocycles. The number of nitrogens with zero attached hydrogens (tertiary/aromatic N) is 2. The Balaban J connectivity index is 2.03. The summed E-state index contributed by atoms with van der Waals surface area (Å²) in [5.74, 6) is 0.00686. The number of benzene rings is 1. The third-order valence-electron chi connectivity index (χ3n) is 2.93. The van der Waals surface area contributed by atoms with Crippen LogP contribution in [0.4, 0.5) is 13.2 Å². The van der Waals surface area contributed by atoms with Gasteiger partial charge in [0, 0.05) is 0 Å². The van der Waals surface area contributed by atoms with Crippen molar-refractivity contribution >= 4 is 17.7 Å². The number of carbonyl (C=O) groups is 1. The molecule has 10 heteroatoms. The first-order valence-electron chi connectivity index (χ1n) is 7.37. The first-order valence-corrected chi connectivity index (χ1v) is 8.25. The van der Waals surface area contributed by atoms with Gasteiger partial charge >= 0.3 is 6.18 Å². The highest BCUT2D eigenvalue weighted by Gasteiger charge is 2.29. The van der Waals surface area contributed by atoms with E-state index in [0.717, 1.165) is 11.8 Å². The van der Waals surface area contributed by atoms with E-state index in [4.69, 9.17) is 9.15 Å². The number of rotatable bonds is 7. The largest absolute Gasteiger partial charge is 0.493 e. The van der Waals surface area contributed by atoms with Crippen LogP contribution in [0, 0.1) is 0 Å². The number of aromatic nitrogens is 2. The third kappa shape index (κ3) is 5.66. The molecule has 1 aromatic heterocycles. The van der Waals surface area contributed by atoms with Crippen LogP contribution in [0.3, 0.4) is 0 Å². The van der Waals surface area contributed by atoms with Gasteiger partial charge in [-0.2, -0.15) is 13.2 Å². The SMILES string of the molecule is CCOc1ccccc1-c1nnc(SC(C)C(=O)NCC(F)(F)F)o1. The minimum absolute atomic E-state index is 0.0796. The molecular weight excluding hydrogens is 359 g/mol. The third-order valence-corrected chi connectivity index (χ3v) is 3.87. The summed E-state index contributed by atoms with van der Waals surface area (Å²) >= 11 is 0.876. The molecule has 1 unspecified atom stereocenters. The zero-order valence-electron chi connectivity index (χ0n) is 13.5. The molecule has 0 saturated carbocycles. The first-order chi connectivity index (χ1) is 11.8. The van der Waals surface area contributed by atoms with Crippen molar-refractivity contribution in [1.82, 2.24) is 15.5 Å². The van der Waals surface area contributed by atoms with Gasteiger partial charge in [-0.25, -0.2) is 0 Å². The van der Waals surface area contributed by atoms with Crippen molar-refractivity contribution < 1.29 is 27.1 Å². The van der Waals surface area contributed by atoms with Crippen molar-refractivity contribution in [2.45, 2.75) is 30.5 Å². The van der Waals surface area contributed by atoms with Gasteiger partial charge in [-0.1, -0.05) is 23.9 Å². The molecule has 1 N–H and O–H groups in total. The molecule has 1 heterocycles. The maximum atomic E-state index is 12.1. The first kappa shape index (κ1) is 19.1. The summed E-state index contributed by atoms with van der Waals surface area (Å²) in [7, 11) is 0. The number of hydrogen-bond acceptors (Lipinski definition) is 6. The van der Waals surface area contributed by atoms with Crippen molar-refractivity contribution in [3.05, 3.63) is 24.3 Å². The van der Waals surface area contributed by atoms with Gasteiger partial charge in [0.2, 0.25) is 5.91 Å². The van der Waals surface area contributed by atoms with Crippen LogP contribution in [-0.4, -0.2) is 40.7 Å². The molecule has 0 aliphatic heterocycles. The van der Waals surface area contributed by atoms with Crippen molar-refractivity contribution in [3.63, 3.8) is 0 Å². The average molecular weight is 375 g/mol. The van der Waals surface area contributed by atoms with E-state index in [9.17, 15) is 18.0 Å². The number of halogens is 3. The standard InChI is InChI=1S/C15H16F3N3O3S/c1-3-23-11-7-5-4-6-10(11)13-20-21-14(24-13)25-9(2)12(22)19-8-15(16,17)18/h4-7,9H,3,8H2,1-2H3,(H,19,22). The van der Waals surface area contributed by atoms with Crippen molar-refractivity contribution in [2.75, 3.05) is 13.2 Å². The van der Waals surface area contributed by atoms with E-state index in [2.05, 4.69) is 10.2 Å². The molecule has 0 aliphatic rings. The van der Waals surface area contributed by atoms with E-state index < -0.39 is 23.9 Å². The molecule has 0 saturated heterocycles. The molecule has 0 radical (unpaired) electrons. The van der Waals surface area contributed by atoms with E-state index in [-0.39, 0.29) is 11.1 Å². The Morgan fingerprint density at radius 1 is 1.36 bits per heavy atom. The Morgan fingerprint density at radius 2 is 2.08 bits per heavy atom. The fraction of sp³-hybridized carbons (Fsp3) is 0.400. The molecule has 2 aromatic rings. The fourth-order valence-corrected chi connectivity index (χ4v) is 2.53. The molecule has 0 spiro atoms. The zero-order chi connectivity index (χ0) is 18.4. The normalized spacial score (nSPS) is 12.7. The van der Waals surface area contributed by atoms with Crippen LogP contribution in [0.15, 0.2) is 33.9 Å². The summed E-state index contributed by atoms with van der Waals surface area (Å²) in [6, 6.07) is 7.07. The van der Waals surface area contributed by atoms with Gasteiger partial charge in [0.1, 0.15) is 12.3 Å². The van der Waals surface area contributed by atoms with Gasteiger partial charge in [-0.15, -0.1) is 10.2 Å². The molecule has 1 atom stereocenters. The highest BCUT2D eigenvalue weighted by atomic mass is 32.2. The number of amides is 1. The lowest BCUT2D eigenvalue weighted by atomic mass is 10.2. The van der Waals surface area contributed by atoms with E-state index in [1.165, 1.54) is 6.92 Å². The lowest BCUT2D eigenvalue weighted by molar-refractivity contribution is -0.137. The van der Waals surface area contributed by atoms with Gasteiger partial charge in [-0.3, -0.25) is 4.79 Å². The van der Waals surface area contributed by atoms with Crippen LogP contribution in [0.5, 0.6) is 5.75 Å². The highest BCUT2D eigenvalue weighted by molar-refractivity contribution is 8.00. The Labute approximate surface area is 146 Å². The molecule has 6 nitrogen and oxygen atoms in total. The second-order valence-electron chi connectivity index (χ2n) is 4.90. The van der Waals surface area contributed by atoms with E-state index >= 15 is 0 Å². The van der Waals surface area contributed by atoms with Crippen LogP contribution < -0.4 is 10.1 Å². The Morgan fingerprint density at radius 3 is 2.76 bits per heavy atom. The fourth-order valence-electron chi connectivity index (χ4n) is 1.83. The van der Waals surface area contributed by atoms with Gasteiger partial charge in [0.25, 0.3) is 11.1 Å². The summed E-state index contributed by atoms with van der Waals surface area (Å²) in [4.78, 5) is 11.7. The molecule has 1 amide bonds. The predicted octanol–water partition coefficient (Wildman–Crippen LogP) is 3.29. The summed E-state index contributed by atoms with van der Waals surface area (Å²) in [6.45, 7) is 2.37. The average Bonchev–Trinajstić information content (AvgIpc) is 3.01. The number of para-hydroxylation sites is 1. The Bertz CT molecular complexity index is 721. The predicted molar refractivity (Wildman–Crippen MR) is 85.3 cm³/mol. The second kappa shape index (κ2) is 8.24. The van der Waals surface area contributed by atoms with Gasteiger partial charge in [0.05, 0.1) is 17.4 Å². The maximum Gasteiger partial charge on any atom is 0.405 e. The maximum absolute atomic E-state index is 12.1. The van der Waals surface area contributed by atoms with Gasteiger partial charge < -0.3 is 14.5 Å². The van der Waals surface area contributed by atoms with Crippen molar-refractivity contribution in [2.24, 2.45) is 0 Å². The van der Waals surface area contributed by atoms with Crippen molar-refractivity contribution in [3.8, 4) is 17.2 Å². The quantitative estimate of drug-likeness (QED) is 0.749. The Kier molecular flexibility index (Phi) is 6.29. The van der Waals surface area contributed by atoms with Crippen LogP contribution >= 0.6 is 11.8 Å². The summed E-state index contributed by atoms with van der Waals surface area (Å²) in [6.07, 6.45) is -4.46. The van der Waals surface area contributed by atoms with Gasteiger partial charge in [-0.05, 0) is 26.0 Å². The highest BCUT2D eigenvalue weighted by Crippen LogP contribution is 2.31. The van der Waals surface area contributed by atoms with E-state index in [1.54, 1.807) is 24.3 Å². The van der Waals surface area contributed by atoms with Crippen molar-refractivity contribution in [1.29, 1.82) is 0 Å². The lowest BCUT2D eigenvalue weighted by Gasteiger charge is -2.11. The molecular formula is C15H16F3N3O3S. The zero-order valence-corrected chi connectivity index (χ0v) is 14.3. The molecule has 0 fully saturated rings. The number of ether oxygens (including phenoxy) is 1. The number of thioether (sulfide) groups is 1. The molecule has 0 bridgehead atoms. The van der Waals surface area contributed by atoms with Crippen LogP contribution in [0.1, 0.15) is 13.8 Å². The number of nitrogens with one attached hydrogen (secondary N) is 1. The van der Waals surface area contributed by atoms with Crippen LogP contribution in [-0.2, 0) is 4.79 Å². The Hall–Kier alpha value is -2.23. The minimum Gasteiger partial charge on any atom is -0.493 e. The van der Waals surface area contributed by atoms with Crippen LogP contribution in [0.2, 0.25) is 0 Å². The number of carbonyl (C=O) groups excluding carboxylic acids is 1. The van der Waals surface area contributed by atoms with Gasteiger partial charge in [0.15, 0.2) is 0 Å². The topological polar surface area (TPSA) is 77.2 Å². The second-order valence-corrected chi connectivity index (χ2v) is 6.19. The smallest absolute Gasteiger partial charge is 0.405 e. The minimum atomic E-state index is -4.46. The van der Waals surface area contributed by atoms with E-state index in [1.807, 2.05) is 12.2 Å². The molecule has 2 rings (SSSR count). The lowest BCUT2D eigenvalue weighted by Crippen LogP contribution is -2.37. The summed E-state index contributed by atoms with van der Waals surface area (Å²) in [5, 5.41) is 8.78. The summed E-state index contributed by atoms with van der Waals surface area (Å²) in [5.41, 5.74) is 0.595. The number of alkyl halides is 3. The molecule has 25 heavy (non-hydrogen) atoms. The summed E-state index contributed by atoms with van der Waals surface area (Å²) < 4.78 is 47.3. The van der Waals surface area contributed by atoms with Crippen LogP contribution in [0.25, 0.3) is 11.5 Å². The molecule has 0 aliphatic carbocycles. The molecule has 136 valence electrons.